The summed E-state index contributed by atoms with van der Waals surface area (Å²) in [5.74, 6) is 0.115. The van der Waals surface area contributed by atoms with Gasteiger partial charge in [-0.3, -0.25) is 9.78 Å². The van der Waals surface area contributed by atoms with Crippen molar-refractivity contribution in [2.45, 2.75) is 44.1 Å². The number of benzene rings is 1. The highest BCUT2D eigenvalue weighted by Crippen LogP contribution is 2.51. The second-order valence-electron chi connectivity index (χ2n) is 6.31. The third-order valence-electron chi connectivity index (χ3n) is 4.78. The summed E-state index contributed by atoms with van der Waals surface area (Å²) < 4.78 is 1.09. The molecule has 1 heterocycles. The minimum Gasteiger partial charge on any atom is -0.353 e. The maximum absolute atomic E-state index is 12.2. The molecule has 4 heteroatoms. The molecule has 120 valence electrons. The maximum atomic E-state index is 12.2. The summed E-state index contributed by atoms with van der Waals surface area (Å²) in [6, 6.07) is 12.5. The zero-order chi connectivity index (χ0) is 16.3. The van der Waals surface area contributed by atoms with Crippen LogP contribution in [0.5, 0.6) is 0 Å². The highest BCUT2D eigenvalue weighted by molar-refractivity contribution is 9.10. The lowest BCUT2D eigenvalue weighted by Crippen LogP contribution is -2.41. The van der Waals surface area contributed by atoms with E-state index in [1.165, 1.54) is 5.56 Å². The molecule has 3 rings (SSSR count). The second kappa shape index (κ2) is 6.83. The quantitative estimate of drug-likeness (QED) is 0.831. The number of hydrogen-bond acceptors (Lipinski definition) is 2. The third-order valence-corrected chi connectivity index (χ3v) is 5.31. The molecule has 0 bridgehead atoms. The normalized spacial score (nSPS) is 16.6. The average molecular weight is 373 g/mol. The van der Waals surface area contributed by atoms with Crippen molar-refractivity contribution in [3.05, 3.63) is 64.4 Å². The van der Waals surface area contributed by atoms with Crippen LogP contribution in [0.15, 0.2) is 53.3 Å². The molecule has 1 aliphatic carbocycles. The van der Waals surface area contributed by atoms with Crippen molar-refractivity contribution in [2.75, 3.05) is 0 Å². The van der Waals surface area contributed by atoms with Gasteiger partial charge in [0.2, 0.25) is 5.91 Å². The van der Waals surface area contributed by atoms with Crippen LogP contribution in [0.4, 0.5) is 0 Å². The second-order valence-corrected chi connectivity index (χ2v) is 7.23. The van der Waals surface area contributed by atoms with Gasteiger partial charge < -0.3 is 5.32 Å². The first-order valence-corrected chi connectivity index (χ1v) is 8.84. The monoisotopic (exact) mass is 372 g/mol. The first-order valence-electron chi connectivity index (χ1n) is 8.04. The van der Waals surface area contributed by atoms with E-state index in [0.29, 0.717) is 6.42 Å². The van der Waals surface area contributed by atoms with E-state index in [4.69, 9.17) is 0 Å². The van der Waals surface area contributed by atoms with Gasteiger partial charge in [-0.25, -0.2) is 0 Å². The molecule has 3 nitrogen and oxygen atoms in total. The molecule has 1 fully saturated rings. The Morgan fingerprint density at radius 3 is 2.65 bits per heavy atom. The van der Waals surface area contributed by atoms with Crippen LogP contribution in [0.1, 0.15) is 37.3 Å². The number of nitrogens with zero attached hydrogens (tertiary/aromatic N) is 1. The number of rotatable bonds is 6. The van der Waals surface area contributed by atoms with E-state index in [2.05, 4.69) is 57.4 Å². The summed E-state index contributed by atoms with van der Waals surface area (Å²) in [5.41, 5.74) is 2.54. The van der Waals surface area contributed by atoms with Gasteiger partial charge in [-0.1, -0.05) is 34.1 Å². The Morgan fingerprint density at radius 2 is 2.04 bits per heavy atom. The predicted molar refractivity (Wildman–Crippen MR) is 95.2 cm³/mol. The molecule has 1 saturated carbocycles. The number of aryl methyl sites for hydroxylation is 1. The van der Waals surface area contributed by atoms with Gasteiger partial charge in [-0.15, -0.1) is 0 Å². The number of hydrogen-bond donors (Lipinski definition) is 1. The van der Waals surface area contributed by atoms with Crippen molar-refractivity contribution >= 4 is 21.8 Å². The third kappa shape index (κ3) is 3.81. The molecule has 1 N–H and O–H groups in total. The average Bonchev–Trinajstić information content (AvgIpc) is 3.36. The Kier molecular flexibility index (Phi) is 4.81. The van der Waals surface area contributed by atoms with Crippen LogP contribution < -0.4 is 5.32 Å². The van der Waals surface area contributed by atoms with Gasteiger partial charge in [0, 0.05) is 34.7 Å². The summed E-state index contributed by atoms with van der Waals surface area (Å²) in [6.45, 7) is 2.12. The Balaban J connectivity index is 1.57. The van der Waals surface area contributed by atoms with Gasteiger partial charge in [0.1, 0.15) is 0 Å². The van der Waals surface area contributed by atoms with Gasteiger partial charge in [0.05, 0.1) is 0 Å². The number of aromatic nitrogens is 1. The fraction of sp³-hybridized carbons (Fsp3) is 0.368. The molecule has 2 aromatic rings. The fourth-order valence-corrected chi connectivity index (χ4v) is 3.41. The summed E-state index contributed by atoms with van der Waals surface area (Å²) in [5, 5.41) is 3.19. The molecule has 1 aliphatic rings. The Morgan fingerprint density at radius 1 is 1.30 bits per heavy atom. The van der Waals surface area contributed by atoms with E-state index in [1.54, 1.807) is 6.20 Å². The van der Waals surface area contributed by atoms with Gasteiger partial charge in [-0.2, -0.15) is 0 Å². The number of nitrogens with one attached hydrogen (secondary N) is 1. The van der Waals surface area contributed by atoms with Crippen molar-refractivity contribution in [1.29, 1.82) is 0 Å². The van der Waals surface area contributed by atoms with Crippen LogP contribution in [0.3, 0.4) is 0 Å². The van der Waals surface area contributed by atoms with Gasteiger partial charge in [0.25, 0.3) is 0 Å². The minimum absolute atomic E-state index is 0.115. The molecule has 23 heavy (non-hydrogen) atoms. The molecule has 1 atom stereocenters. The smallest absolute Gasteiger partial charge is 0.220 e. The number of carbonyl (C=O) groups excluding carboxylic acids is 1. The largest absolute Gasteiger partial charge is 0.353 e. The van der Waals surface area contributed by atoms with Crippen LogP contribution >= 0.6 is 15.9 Å². The molecule has 1 amide bonds. The SMILES string of the molecule is CC(NC(=O)CCc1cccnc1)C1(c2ccc(Br)cc2)CC1. The predicted octanol–water partition coefficient (Wildman–Crippen LogP) is 4.01. The Hall–Kier alpha value is -1.68. The van der Waals surface area contributed by atoms with E-state index in [9.17, 15) is 4.79 Å². The molecule has 0 saturated heterocycles. The topological polar surface area (TPSA) is 42.0 Å². The molecule has 1 aromatic heterocycles. The minimum atomic E-state index is 0.115. The number of pyridine rings is 1. The molecule has 1 unspecified atom stereocenters. The number of halogens is 1. The maximum Gasteiger partial charge on any atom is 0.220 e. The molecular formula is C19H21BrN2O. The first kappa shape index (κ1) is 16.2. The van der Waals surface area contributed by atoms with E-state index in [0.717, 1.165) is 29.3 Å². The zero-order valence-corrected chi connectivity index (χ0v) is 14.8. The van der Waals surface area contributed by atoms with Gasteiger partial charge in [0.15, 0.2) is 0 Å². The molecule has 0 spiro atoms. The lowest BCUT2D eigenvalue weighted by Gasteiger charge is -2.25. The highest BCUT2D eigenvalue weighted by Gasteiger charge is 2.49. The number of carbonyl (C=O) groups is 1. The van der Waals surface area contributed by atoms with E-state index in [1.807, 2.05) is 18.3 Å². The lowest BCUT2D eigenvalue weighted by atomic mass is 9.89. The summed E-state index contributed by atoms with van der Waals surface area (Å²) >= 11 is 3.48. The Labute approximate surface area is 145 Å². The lowest BCUT2D eigenvalue weighted by molar-refractivity contribution is -0.121. The van der Waals surface area contributed by atoms with Gasteiger partial charge >= 0.3 is 0 Å². The van der Waals surface area contributed by atoms with Crippen LogP contribution in [-0.2, 0) is 16.6 Å². The molecule has 0 radical (unpaired) electrons. The van der Waals surface area contributed by atoms with Crippen molar-refractivity contribution in [3.63, 3.8) is 0 Å². The van der Waals surface area contributed by atoms with Crippen molar-refractivity contribution < 1.29 is 4.79 Å². The molecule has 0 aliphatic heterocycles. The molecule has 1 aromatic carbocycles. The van der Waals surface area contributed by atoms with Crippen molar-refractivity contribution in [2.24, 2.45) is 0 Å². The zero-order valence-electron chi connectivity index (χ0n) is 13.3. The van der Waals surface area contributed by atoms with Crippen LogP contribution in [0.25, 0.3) is 0 Å². The summed E-state index contributed by atoms with van der Waals surface area (Å²) in [7, 11) is 0. The summed E-state index contributed by atoms with van der Waals surface area (Å²) in [4.78, 5) is 16.3. The van der Waals surface area contributed by atoms with Crippen molar-refractivity contribution in [1.82, 2.24) is 10.3 Å². The van der Waals surface area contributed by atoms with Crippen LogP contribution in [-0.4, -0.2) is 16.9 Å². The highest BCUT2D eigenvalue weighted by atomic mass is 79.9. The van der Waals surface area contributed by atoms with E-state index >= 15 is 0 Å². The fourth-order valence-electron chi connectivity index (χ4n) is 3.14. The van der Waals surface area contributed by atoms with E-state index in [-0.39, 0.29) is 17.4 Å². The Bertz CT molecular complexity index is 666. The van der Waals surface area contributed by atoms with Crippen molar-refractivity contribution in [3.8, 4) is 0 Å². The van der Waals surface area contributed by atoms with Gasteiger partial charge in [-0.05, 0) is 55.5 Å². The summed E-state index contributed by atoms with van der Waals surface area (Å²) in [6.07, 6.45) is 7.09. The first-order chi connectivity index (χ1) is 11.1. The van der Waals surface area contributed by atoms with E-state index < -0.39 is 0 Å². The number of amides is 1. The van der Waals surface area contributed by atoms with Crippen LogP contribution in [0, 0.1) is 0 Å². The van der Waals surface area contributed by atoms with Crippen LogP contribution in [0.2, 0.25) is 0 Å². The molecular weight excluding hydrogens is 352 g/mol. The standard InChI is InChI=1S/C19H21BrN2O/c1-14(19(10-11-19)16-5-7-17(20)8-6-16)22-18(23)9-4-15-3-2-12-21-13-15/h2-3,5-8,12-14H,4,9-11H2,1H3,(H,22,23).